The van der Waals surface area contributed by atoms with Crippen LogP contribution in [0.4, 0.5) is 5.69 Å². The average Bonchev–Trinajstić information content (AvgIpc) is 2.65. The van der Waals surface area contributed by atoms with Gasteiger partial charge < -0.3 is 14.8 Å². The molecule has 0 radical (unpaired) electrons. The zero-order chi connectivity index (χ0) is 19.8. The molecule has 0 unspecified atom stereocenters. The quantitative estimate of drug-likeness (QED) is 0.451. The van der Waals surface area contributed by atoms with Crippen molar-refractivity contribution in [3.05, 3.63) is 57.0 Å². The Hall–Kier alpha value is -2.49. The van der Waals surface area contributed by atoms with E-state index < -0.39 is 5.91 Å². The summed E-state index contributed by atoms with van der Waals surface area (Å²) in [6, 6.07) is 12.2. The van der Waals surface area contributed by atoms with E-state index in [9.17, 15) is 10.1 Å². The van der Waals surface area contributed by atoms with E-state index in [1.165, 1.54) is 6.08 Å². The molecule has 140 valence electrons. The smallest absolute Gasteiger partial charge is 0.266 e. The van der Waals surface area contributed by atoms with Gasteiger partial charge in [0.1, 0.15) is 11.6 Å². The van der Waals surface area contributed by atoms with Crippen molar-refractivity contribution in [2.45, 2.75) is 13.8 Å². The third-order valence-corrected chi connectivity index (χ3v) is 4.47. The van der Waals surface area contributed by atoms with Crippen LogP contribution >= 0.6 is 27.5 Å². The van der Waals surface area contributed by atoms with E-state index >= 15 is 0 Å². The SMILES string of the molecule is CCOc1cc(Br)c(/C=C(\C#N)C(=O)Nc2ccccc2Cl)cc1OCC. The molecule has 0 aliphatic carbocycles. The highest BCUT2D eigenvalue weighted by molar-refractivity contribution is 9.10. The normalized spacial score (nSPS) is 10.9. The molecular weight excluding hydrogens is 432 g/mol. The van der Waals surface area contributed by atoms with Crippen molar-refractivity contribution < 1.29 is 14.3 Å². The molecule has 0 atom stereocenters. The number of nitrogens with zero attached hydrogens (tertiary/aromatic N) is 1. The molecule has 0 aliphatic heterocycles. The molecule has 0 bridgehead atoms. The number of para-hydroxylation sites is 1. The van der Waals surface area contributed by atoms with Crippen molar-refractivity contribution in [1.82, 2.24) is 0 Å². The largest absolute Gasteiger partial charge is 0.490 e. The fourth-order valence-electron chi connectivity index (χ4n) is 2.25. The van der Waals surface area contributed by atoms with Crippen LogP contribution < -0.4 is 14.8 Å². The number of hydrogen-bond acceptors (Lipinski definition) is 4. The van der Waals surface area contributed by atoms with E-state index in [1.807, 2.05) is 19.9 Å². The van der Waals surface area contributed by atoms with Crippen molar-refractivity contribution in [1.29, 1.82) is 5.26 Å². The highest BCUT2D eigenvalue weighted by atomic mass is 79.9. The number of ether oxygens (including phenoxy) is 2. The predicted molar refractivity (Wildman–Crippen MR) is 110 cm³/mol. The van der Waals surface area contributed by atoms with Gasteiger partial charge in [0.25, 0.3) is 5.91 Å². The summed E-state index contributed by atoms with van der Waals surface area (Å²) in [5.74, 6) is 0.573. The van der Waals surface area contributed by atoms with Crippen LogP contribution in [-0.2, 0) is 4.79 Å². The average molecular weight is 450 g/mol. The van der Waals surface area contributed by atoms with Gasteiger partial charge in [-0.1, -0.05) is 39.7 Å². The minimum absolute atomic E-state index is 0.0674. The molecule has 0 aromatic heterocycles. The van der Waals surface area contributed by atoms with Crippen LogP contribution in [0.3, 0.4) is 0 Å². The lowest BCUT2D eigenvalue weighted by atomic mass is 10.1. The first kappa shape index (κ1) is 20.8. The summed E-state index contributed by atoms with van der Waals surface area (Å²) in [6.45, 7) is 4.70. The minimum atomic E-state index is -0.552. The van der Waals surface area contributed by atoms with Crippen LogP contribution in [-0.4, -0.2) is 19.1 Å². The zero-order valence-electron chi connectivity index (χ0n) is 14.9. The summed E-state index contributed by atoms with van der Waals surface area (Å²) in [4.78, 5) is 12.5. The number of hydrogen-bond donors (Lipinski definition) is 1. The fourth-order valence-corrected chi connectivity index (χ4v) is 2.87. The van der Waals surface area contributed by atoms with Gasteiger partial charge in [-0.05, 0) is 49.8 Å². The topological polar surface area (TPSA) is 71.3 Å². The molecule has 0 saturated heterocycles. The number of benzene rings is 2. The molecule has 0 aliphatic rings. The number of carbonyl (C=O) groups is 1. The number of halogens is 2. The second-order valence-corrected chi connectivity index (χ2v) is 6.55. The van der Waals surface area contributed by atoms with Crippen molar-refractivity contribution in [3.8, 4) is 17.6 Å². The number of carbonyl (C=O) groups excluding carboxylic acids is 1. The van der Waals surface area contributed by atoms with Gasteiger partial charge in [-0.15, -0.1) is 0 Å². The first-order valence-electron chi connectivity index (χ1n) is 8.26. The van der Waals surface area contributed by atoms with Crippen molar-refractivity contribution in [2.75, 3.05) is 18.5 Å². The molecule has 5 nitrogen and oxygen atoms in total. The third kappa shape index (κ3) is 5.49. The molecule has 7 heteroatoms. The van der Waals surface area contributed by atoms with E-state index in [1.54, 1.807) is 36.4 Å². The van der Waals surface area contributed by atoms with E-state index in [4.69, 9.17) is 21.1 Å². The van der Waals surface area contributed by atoms with Gasteiger partial charge in [0, 0.05) is 4.47 Å². The Bertz CT molecular complexity index is 907. The van der Waals surface area contributed by atoms with E-state index in [-0.39, 0.29) is 5.57 Å². The molecule has 0 spiro atoms. The molecule has 1 N–H and O–H groups in total. The first-order chi connectivity index (χ1) is 13.0. The minimum Gasteiger partial charge on any atom is -0.490 e. The van der Waals surface area contributed by atoms with Crippen LogP contribution in [0.25, 0.3) is 6.08 Å². The molecular formula is C20H18BrClN2O3. The van der Waals surface area contributed by atoms with Gasteiger partial charge in [-0.2, -0.15) is 5.26 Å². The Kier molecular flexibility index (Phi) is 7.71. The predicted octanol–water partition coefficient (Wildman–Crippen LogP) is 5.45. The maximum absolute atomic E-state index is 12.5. The lowest BCUT2D eigenvalue weighted by molar-refractivity contribution is -0.112. The highest BCUT2D eigenvalue weighted by Gasteiger charge is 2.14. The van der Waals surface area contributed by atoms with Crippen molar-refractivity contribution >= 4 is 45.2 Å². The Balaban J connectivity index is 2.36. The van der Waals surface area contributed by atoms with Crippen LogP contribution in [0.2, 0.25) is 5.02 Å². The van der Waals surface area contributed by atoms with Crippen LogP contribution in [0.15, 0.2) is 46.4 Å². The molecule has 27 heavy (non-hydrogen) atoms. The summed E-state index contributed by atoms with van der Waals surface area (Å²) < 4.78 is 11.8. The second-order valence-electron chi connectivity index (χ2n) is 5.29. The van der Waals surface area contributed by atoms with Gasteiger partial charge in [-0.25, -0.2) is 0 Å². The Morgan fingerprint density at radius 1 is 1.22 bits per heavy atom. The molecule has 0 saturated carbocycles. The lowest BCUT2D eigenvalue weighted by Gasteiger charge is -2.13. The molecule has 1 amide bonds. The monoisotopic (exact) mass is 448 g/mol. The zero-order valence-corrected chi connectivity index (χ0v) is 17.2. The number of nitriles is 1. The van der Waals surface area contributed by atoms with E-state index in [0.29, 0.717) is 45.5 Å². The molecule has 2 aromatic rings. The Morgan fingerprint density at radius 2 is 1.85 bits per heavy atom. The summed E-state index contributed by atoms with van der Waals surface area (Å²) >= 11 is 9.49. The van der Waals surface area contributed by atoms with Gasteiger partial charge in [-0.3, -0.25) is 4.79 Å². The fraction of sp³-hybridized carbons (Fsp3) is 0.200. The Morgan fingerprint density at radius 3 is 2.44 bits per heavy atom. The van der Waals surface area contributed by atoms with Crippen LogP contribution in [0.5, 0.6) is 11.5 Å². The maximum atomic E-state index is 12.5. The van der Waals surface area contributed by atoms with Crippen LogP contribution in [0.1, 0.15) is 19.4 Å². The third-order valence-electron chi connectivity index (χ3n) is 3.45. The van der Waals surface area contributed by atoms with Crippen LogP contribution in [0, 0.1) is 11.3 Å². The first-order valence-corrected chi connectivity index (χ1v) is 9.44. The van der Waals surface area contributed by atoms with Crippen molar-refractivity contribution in [2.24, 2.45) is 0 Å². The maximum Gasteiger partial charge on any atom is 0.266 e. The number of rotatable bonds is 7. The highest BCUT2D eigenvalue weighted by Crippen LogP contribution is 2.35. The van der Waals surface area contributed by atoms with Gasteiger partial charge >= 0.3 is 0 Å². The number of nitrogens with one attached hydrogen (secondary N) is 1. The van der Waals surface area contributed by atoms with Crippen molar-refractivity contribution in [3.63, 3.8) is 0 Å². The van der Waals surface area contributed by atoms with Gasteiger partial charge in [0.2, 0.25) is 0 Å². The van der Waals surface area contributed by atoms with E-state index in [0.717, 1.165) is 0 Å². The summed E-state index contributed by atoms with van der Waals surface area (Å²) in [7, 11) is 0. The standard InChI is InChI=1S/C20H18BrClN2O3/c1-3-26-18-10-13(15(21)11-19(18)27-4-2)9-14(12-23)20(25)24-17-8-6-5-7-16(17)22/h5-11H,3-4H2,1-2H3,(H,24,25)/b14-9+. The van der Waals surface area contributed by atoms with Gasteiger partial charge in [0.15, 0.2) is 11.5 Å². The molecule has 2 rings (SSSR count). The number of anilines is 1. The second kappa shape index (κ2) is 10.0. The van der Waals surface area contributed by atoms with E-state index in [2.05, 4.69) is 21.2 Å². The summed E-state index contributed by atoms with van der Waals surface area (Å²) in [5, 5.41) is 12.5. The molecule has 0 heterocycles. The summed E-state index contributed by atoms with van der Waals surface area (Å²) in [6.07, 6.45) is 1.48. The molecule has 2 aromatic carbocycles. The lowest BCUT2D eigenvalue weighted by Crippen LogP contribution is -2.13. The molecule has 0 fully saturated rings. The summed E-state index contributed by atoms with van der Waals surface area (Å²) in [5.41, 5.74) is 0.987. The van der Waals surface area contributed by atoms with Gasteiger partial charge in [0.05, 0.1) is 23.9 Å². The Labute approximate surface area is 171 Å². The number of amides is 1.